The number of aromatic nitrogens is 2. The van der Waals surface area contributed by atoms with Crippen molar-refractivity contribution in [2.24, 2.45) is 5.92 Å². The van der Waals surface area contributed by atoms with E-state index in [0.717, 1.165) is 67.5 Å². The smallest absolute Gasteiger partial charge is 0.225 e. The molecule has 1 aliphatic heterocycles. The molecule has 2 aromatic heterocycles. The minimum absolute atomic E-state index is 0.297. The van der Waals surface area contributed by atoms with Gasteiger partial charge in [0, 0.05) is 44.2 Å². The van der Waals surface area contributed by atoms with Gasteiger partial charge in [0.15, 0.2) is 4.96 Å². The maximum absolute atomic E-state index is 12.5. The lowest BCUT2D eigenvalue weighted by Crippen LogP contribution is -2.48. The van der Waals surface area contributed by atoms with Gasteiger partial charge in [-0.2, -0.15) is 0 Å². The van der Waals surface area contributed by atoms with Gasteiger partial charge < -0.3 is 9.64 Å². The van der Waals surface area contributed by atoms with Gasteiger partial charge in [-0.3, -0.25) is 14.1 Å². The molecule has 6 rings (SSSR count). The van der Waals surface area contributed by atoms with Crippen molar-refractivity contribution in [3.63, 3.8) is 0 Å². The lowest BCUT2D eigenvalue weighted by molar-refractivity contribution is -0.134. The Morgan fingerprint density at radius 1 is 1.12 bits per heavy atom. The number of thiazole rings is 1. The standard InChI is InChI=1S/C26H28N4O2S/c1-17-6-9-21-23(14-17)33-26-27-24(19-4-3-5-20(15-19)32-2)22(30(21)26)16-28-10-12-29(13-11-28)25(31)18-7-8-18/h3-6,9,14-15,18H,7-8,10-13,16H2,1-2H3. The zero-order valence-electron chi connectivity index (χ0n) is 19.1. The van der Waals surface area contributed by atoms with Crippen LogP contribution in [0, 0.1) is 12.8 Å². The van der Waals surface area contributed by atoms with Crippen LogP contribution in [0.4, 0.5) is 0 Å². The van der Waals surface area contributed by atoms with Crippen LogP contribution < -0.4 is 4.74 Å². The molecule has 2 fully saturated rings. The lowest BCUT2D eigenvalue weighted by atomic mass is 10.1. The summed E-state index contributed by atoms with van der Waals surface area (Å²) in [5.41, 5.74) is 5.76. The molecule has 0 N–H and O–H groups in total. The van der Waals surface area contributed by atoms with Crippen molar-refractivity contribution in [2.75, 3.05) is 33.3 Å². The monoisotopic (exact) mass is 460 g/mol. The van der Waals surface area contributed by atoms with E-state index in [1.807, 2.05) is 12.1 Å². The van der Waals surface area contributed by atoms with E-state index in [4.69, 9.17) is 9.72 Å². The second-order valence-electron chi connectivity index (χ2n) is 9.21. The number of rotatable bonds is 5. The summed E-state index contributed by atoms with van der Waals surface area (Å²) in [6, 6.07) is 14.8. The van der Waals surface area contributed by atoms with Gasteiger partial charge in [0.1, 0.15) is 5.75 Å². The molecule has 0 unspecified atom stereocenters. The molecule has 33 heavy (non-hydrogen) atoms. The normalized spacial score (nSPS) is 17.2. The average molecular weight is 461 g/mol. The summed E-state index contributed by atoms with van der Waals surface area (Å²) in [6.07, 6.45) is 2.14. The molecular weight excluding hydrogens is 432 g/mol. The first-order chi connectivity index (χ1) is 16.1. The summed E-state index contributed by atoms with van der Waals surface area (Å²) in [7, 11) is 1.70. The van der Waals surface area contributed by atoms with Crippen molar-refractivity contribution in [1.29, 1.82) is 0 Å². The Kier molecular flexibility index (Phi) is 5.11. The van der Waals surface area contributed by atoms with Crippen molar-refractivity contribution in [1.82, 2.24) is 19.2 Å². The maximum atomic E-state index is 12.5. The van der Waals surface area contributed by atoms with Crippen LogP contribution in [0.2, 0.25) is 0 Å². The summed E-state index contributed by atoms with van der Waals surface area (Å²) >= 11 is 1.74. The molecule has 0 spiro atoms. The number of nitrogens with zero attached hydrogens (tertiary/aromatic N) is 4. The van der Waals surface area contributed by atoms with Crippen LogP contribution in [-0.4, -0.2) is 58.4 Å². The van der Waals surface area contributed by atoms with E-state index in [2.05, 4.69) is 51.5 Å². The van der Waals surface area contributed by atoms with Gasteiger partial charge in [0.25, 0.3) is 0 Å². The zero-order chi connectivity index (χ0) is 22.5. The summed E-state index contributed by atoms with van der Waals surface area (Å²) in [5, 5.41) is 0. The first kappa shape index (κ1) is 20.7. The van der Waals surface area contributed by atoms with Crippen LogP contribution in [0.1, 0.15) is 24.1 Å². The molecule has 0 bridgehead atoms. The SMILES string of the molecule is COc1cccc(-c2nc3sc4cc(C)ccc4n3c2CN2CCN(C(=O)C3CC3)CC2)c1. The number of carbonyl (C=O) groups excluding carboxylic acids is 1. The van der Waals surface area contributed by atoms with Crippen molar-refractivity contribution in [3.05, 3.63) is 53.7 Å². The third-order valence-electron chi connectivity index (χ3n) is 6.83. The second kappa shape index (κ2) is 8.15. The minimum atomic E-state index is 0.297. The van der Waals surface area contributed by atoms with Crippen molar-refractivity contribution in [3.8, 4) is 17.0 Å². The van der Waals surface area contributed by atoms with Crippen molar-refractivity contribution in [2.45, 2.75) is 26.3 Å². The number of hydrogen-bond donors (Lipinski definition) is 0. The summed E-state index contributed by atoms with van der Waals surface area (Å²) in [4.78, 5) is 23.1. The van der Waals surface area contributed by atoms with Crippen LogP contribution in [0.15, 0.2) is 42.5 Å². The molecule has 1 amide bonds. The van der Waals surface area contributed by atoms with Gasteiger partial charge >= 0.3 is 0 Å². The van der Waals surface area contributed by atoms with Crippen LogP contribution in [-0.2, 0) is 11.3 Å². The number of ether oxygens (including phenoxy) is 1. The van der Waals surface area contributed by atoms with Gasteiger partial charge in [-0.25, -0.2) is 4.98 Å². The van der Waals surface area contributed by atoms with Gasteiger partial charge in [-0.15, -0.1) is 0 Å². The number of amides is 1. The van der Waals surface area contributed by atoms with Gasteiger partial charge in [0.05, 0.1) is 28.7 Å². The van der Waals surface area contributed by atoms with E-state index in [1.54, 1.807) is 18.4 Å². The average Bonchev–Trinajstić information content (AvgIpc) is 3.55. The molecule has 1 aliphatic carbocycles. The van der Waals surface area contributed by atoms with Crippen molar-refractivity contribution >= 4 is 32.4 Å². The Hall–Kier alpha value is -2.90. The quantitative estimate of drug-likeness (QED) is 0.437. The maximum Gasteiger partial charge on any atom is 0.225 e. The molecule has 0 atom stereocenters. The highest BCUT2D eigenvalue weighted by atomic mass is 32.1. The summed E-state index contributed by atoms with van der Waals surface area (Å²) in [5.74, 6) is 1.49. The van der Waals surface area contributed by atoms with E-state index < -0.39 is 0 Å². The number of carbonyl (C=O) groups is 1. The Morgan fingerprint density at radius 2 is 1.94 bits per heavy atom. The summed E-state index contributed by atoms with van der Waals surface area (Å²) in [6.45, 7) is 6.35. The predicted octanol–water partition coefficient (Wildman–Crippen LogP) is 4.59. The van der Waals surface area contributed by atoms with E-state index in [-0.39, 0.29) is 0 Å². The number of fused-ring (bicyclic) bond motifs is 3. The molecule has 6 nitrogen and oxygen atoms in total. The number of hydrogen-bond acceptors (Lipinski definition) is 5. The highest BCUT2D eigenvalue weighted by molar-refractivity contribution is 7.23. The number of imidazole rings is 1. The molecule has 3 heterocycles. The predicted molar refractivity (Wildman–Crippen MR) is 132 cm³/mol. The third kappa shape index (κ3) is 3.79. The number of aryl methyl sites for hydroxylation is 1. The molecule has 1 saturated carbocycles. The molecule has 0 radical (unpaired) electrons. The fourth-order valence-corrected chi connectivity index (χ4v) is 5.95. The van der Waals surface area contributed by atoms with E-state index >= 15 is 0 Å². The van der Waals surface area contributed by atoms with Crippen LogP contribution in [0.3, 0.4) is 0 Å². The second-order valence-corrected chi connectivity index (χ2v) is 10.2. The Bertz CT molecular complexity index is 1350. The van der Waals surface area contributed by atoms with Crippen LogP contribution in [0.5, 0.6) is 5.75 Å². The van der Waals surface area contributed by atoms with E-state index in [9.17, 15) is 4.79 Å². The number of methoxy groups -OCH3 is 1. The van der Waals surface area contributed by atoms with Crippen LogP contribution in [0.25, 0.3) is 26.4 Å². The first-order valence-corrected chi connectivity index (χ1v) is 12.5. The molecule has 2 aliphatic rings. The fraction of sp³-hybridized carbons (Fsp3) is 0.385. The summed E-state index contributed by atoms with van der Waals surface area (Å²) < 4.78 is 9.07. The Balaban J connectivity index is 1.37. The fourth-order valence-electron chi connectivity index (χ4n) is 4.81. The van der Waals surface area contributed by atoms with Gasteiger partial charge in [-0.1, -0.05) is 29.5 Å². The van der Waals surface area contributed by atoms with E-state index in [1.165, 1.54) is 21.5 Å². The lowest BCUT2D eigenvalue weighted by Gasteiger charge is -2.34. The minimum Gasteiger partial charge on any atom is -0.497 e. The Morgan fingerprint density at radius 3 is 2.70 bits per heavy atom. The van der Waals surface area contributed by atoms with Crippen LogP contribution >= 0.6 is 11.3 Å². The largest absolute Gasteiger partial charge is 0.497 e. The molecule has 1 saturated heterocycles. The zero-order valence-corrected chi connectivity index (χ0v) is 19.9. The Labute approximate surface area is 197 Å². The highest BCUT2D eigenvalue weighted by Gasteiger charge is 2.34. The van der Waals surface area contributed by atoms with E-state index in [0.29, 0.717) is 11.8 Å². The molecule has 2 aromatic carbocycles. The van der Waals surface area contributed by atoms with Gasteiger partial charge in [-0.05, 0) is 49.6 Å². The molecule has 170 valence electrons. The van der Waals surface area contributed by atoms with Crippen molar-refractivity contribution < 1.29 is 9.53 Å². The third-order valence-corrected chi connectivity index (χ3v) is 7.83. The highest BCUT2D eigenvalue weighted by Crippen LogP contribution is 2.35. The first-order valence-electron chi connectivity index (χ1n) is 11.7. The number of benzene rings is 2. The molecule has 7 heteroatoms. The topological polar surface area (TPSA) is 50.1 Å². The van der Waals surface area contributed by atoms with Gasteiger partial charge in [0.2, 0.25) is 5.91 Å². The molecular formula is C26H28N4O2S. The number of piperazine rings is 1. The molecule has 4 aromatic rings.